The summed E-state index contributed by atoms with van der Waals surface area (Å²) in [5, 5.41) is 6.22. The Balaban J connectivity index is 1.96. The van der Waals surface area contributed by atoms with Crippen molar-refractivity contribution in [2.45, 2.75) is 6.42 Å². The first kappa shape index (κ1) is 13.8. The molecule has 2 N–H and O–H groups in total. The van der Waals surface area contributed by atoms with Crippen molar-refractivity contribution in [3.63, 3.8) is 0 Å². The summed E-state index contributed by atoms with van der Waals surface area (Å²) in [6.07, 6.45) is 0.383. The molecule has 0 unspecified atom stereocenters. The number of carbonyl (C=O) groups excluding carboxylic acids is 1. The van der Waals surface area contributed by atoms with E-state index in [2.05, 4.69) is 21.6 Å². The molecule has 1 aliphatic rings. The van der Waals surface area contributed by atoms with Crippen LogP contribution in [0.1, 0.15) is 6.42 Å². The maximum absolute atomic E-state index is 11.6. The van der Waals surface area contributed by atoms with Crippen LogP contribution in [-0.4, -0.2) is 45.8 Å². The van der Waals surface area contributed by atoms with Gasteiger partial charge in [0, 0.05) is 44.7 Å². The van der Waals surface area contributed by atoms with Gasteiger partial charge in [-0.15, -0.1) is 0 Å². The van der Waals surface area contributed by atoms with Gasteiger partial charge < -0.3 is 20.3 Å². The van der Waals surface area contributed by atoms with Crippen LogP contribution in [0.25, 0.3) is 0 Å². The Labute approximate surface area is 113 Å². The van der Waals surface area contributed by atoms with E-state index in [-0.39, 0.29) is 5.91 Å². The van der Waals surface area contributed by atoms with E-state index in [1.165, 1.54) is 0 Å². The van der Waals surface area contributed by atoms with Crippen molar-refractivity contribution in [2.24, 2.45) is 0 Å². The highest BCUT2D eigenvalue weighted by Crippen LogP contribution is 2.19. The maximum Gasteiger partial charge on any atom is 0.226 e. The van der Waals surface area contributed by atoms with Crippen LogP contribution in [0.5, 0.6) is 0 Å². The largest absolute Gasteiger partial charge is 0.384 e. The number of anilines is 2. The van der Waals surface area contributed by atoms with E-state index in [9.17, 15) is 4.79 Å². The fraction of sp³-hybridized carbons (Fsp3) is 0.500. The highest BCUT2D eigenvalue weighted by atomic mass is 16.5. The summed E-state index contributed by atoms with van der Waals surface area (Å²) in [4.78, 5) is 14.0. The van der Waals surface area contributed by atoms with E-state index in [0.29, 0.717) is 13.0 Å². The monoisotopic (exact) mass is 263 g/mol. The van der Waals surface area contributed by atoms with Crippen LogP contribution < -0.4 is 15.5 Å². The number of hydrogen-bond acceptors (Lipinski definition) is 4. The lowest BCUT2D eigenvalue weighted by molar-refractivity contribution is -0.117. The van der Waals surface area contributed by atoms with Crippen LogP contribution in [0.3, 0.4) is 0 Å². The smallest absolute Gasteiger partial charge is 0.226 e. The summed E-state index contributed by atoms with van der Waals surface area (Å²) in [7, 11) is 1.60. The van der Waals surface area contributed by atoms with Gasteiger partial charge in [-0.05, 0) is 18.2 Å². The van der Waals surface area contributed by atoms with E-state index in [1.807, 2.05) is 18.2 Å². The summed E-state index contributed by atoms with van der Waals surface area (Å²) < 4.78 is 4.89. The molecule has 0 atom stereocenters. The van der Waals surface area contributed by atoms with Gasteiger partial charge >= 0.3 is 0 Å². The molecule has 1 heterocycles. The second-order valence-electron chi connectivity index (χ2n) is 4.58. The van der Waals surface area contributed by atoms with Crippen LogP contribution in [0.15, 0.2) is 24.3 Å². The van der Waals surface area contributed by atoms with Gasteiger partial charge in [-0.25, -0.2) is 0 Å². The fourth-order valence-corrected chi connectivity index (χ4v) is 2.12. The summed E-state index contributed by atoms with van der Waals surface area (Å²) in [6.45, 7) is 4.46. The average molecular weight is 263 g/mol. The first-order valence-electron chi connectivity index (χ1n) is 6.64. The van der Waals surface area contributed by atoms with Crippen molar-refractivity contribution < 1.29 is 9.53 Å². The predicted octanol–water partition coefficient (Wildman–Crippen LogP) is 1.07. The van der Waals surface area contributed by atoms with E-state index in [0.717, 1.165) is 37.6 Å². The number of rotatable bonds is 5. The number of methoxy groups -OCH3 is 1. The zero-order valence-electron chi connectivity index (χ0n) is 11.3. The molecule has 1 aromatic rings. The van der Waals surface area contributed by atoms with Gasteiger partial charge in [-0.2, -0.15) is 0 Å². The number of carbonyl (C=O) groups is 1. The second-order valence-corrected chi connectivity index (χ2v) is 4.58. The first-order valence-corrected chi connectivity index (χ1v) is 6.64. The molecule has 2 rings (SSSR count). The number of nitrogens with one attached hydrogen (secondary N) is 2. The third kappa shape index (κ3) is 4.22. The Morgan fingerprint density at radius 1 is 1.42 bits per heavy atom. The van der Waals surface area contributed by atoms with Crippen molar-refractivity contribution in [3.8, 4) is 0 Å². The Morgan fingerprint density at radius 2 is 2.21 bits per heavy atom. The molecule has 1 aromatic carbocycles. The zero-order chi connectivity index (χ0) is 13.5. The molecule has 0 aromatic heterocycles. The van der Waals surface area contributed by atoms with Crippen LogP contribution in [-0.2, 0) is 9.53 Å². The number of hydrogen-bond donors (Lipinski definition) is 2. The quantitative estimate of drug-likeness (QED) is 0.834. The number of ether oxygens (including phenoxy) is 1. The average Bonchev–Trinajstić information content (AvgIpc) is 2.46. The van der Waals surface area contributed by atoms with Crippen molar-refractivity contribution >= 4 is 17.3 Å². The molecule has 0 bridgehead atoms. The Bertz CT molecular complexity index is 417. The van der Waals surface area contributed by atoms with Crippen molar-refractivity contribution in [2.75, 3.05) is 50.1 Å². The molecule has 0 spiro atoms. The minimum absolute atomic E-state index is 0.0145. The van der Waals surface area contributed by atoms with E-state index >= 15 is 0 Å². The fourth-order valence-electron chi connectivity index (χ4n) is 2.12. The molecule has 5 nitrogen and oxygen atoms in total. The molecule has 1 aliphatic heterocycles. The van der Waals surface area contributed by atoms with Gasteiger partial charge in [-0.1, -0.05) is 6.07 Å². The van der Waals surface area contributed by atoms with Crippen molar-refractivity contribution in [1.82, 2.24) is 5.32 Å². The number of amides is 1. The van der Waals surface area contributed by atoms with Crippen LogP contribution in [0, 0.1) is 0 Å². The minimum Gasteiger partial charge on any atom is -0.384 e. The molecule has 1 amide bonds. The van der Waals surface area contributed by atoms with Gasteiger partial charge in [0.1, 0.15) is 0 Å². The standard InChI is InChI=1S/C14H21N3O2/c1-19-10-5-14(18)16-12-3-2-4-13(11-12)17-8-6-15-7-9-17/h2-4,11,15H,5-10H2,1H3,(H,16,18). The summed E-state index contributed by atoms with van der Waals surface area (Å²) in [5.74, 6) is -0.0145. The number of nitrogens with zero attached hydrogens (tertiary/aromatic N) is 1. The third-order valence-corrected chi connectivity index (χ3v) is 3.15. The molecular formula is C14H21N3O2. The number of piperazine rings is 1. The van der Waals surface area contributed by atoms with Crippen LogP contribution in [0.4, 0.5) is 11.4 Å². The van der Waals surface area contributed by atoms with Gasteiger partial charge in [0.05, 0.1) is 13.0 Å². The van der Waals surface area contributed by atoms with E-state index in [4.69, 9.17) is 4.74 Å². The molecule has 0 radical (unpaired) electrons. The molecular weight excluding hydrogens is 242 g/mol. The normalized spacial score (nSPS) is 15.3. The second kappa shape index (κ2) is 7.11. The molecule has 104 valence electrons. The lowest BCUT2D eigenvalue weighted by atomic mass is 10.2. The van der Waals surface area contributed by atoms with Gasteiger partial charge in [0.2, 0.25) is 5.91 Å². The summed E-state index contributed by atoms with van der Waals surface area (Å²) in [5.41, 5.74) is 2.00. The molecule has 19 heavy (non-hydrogen) atoms. The molecule has 0 aliphatic carbocycles. The lowest BCUT2D eigenvalue weighted by Gasteiger charge is -2.29. The first-order chi connectivity index (χ1) is 9.29. The zero-order valence-corrected chi connectivity index (χ0v) is 11.3. The van der Waals surface area contributed by atoms with E-state index < -0.39 is 0 Å². The van der Waals surface area contributed by atoms with Gasteiger partial charge in [0.15, 0.2) is 0 Å². The van der Waals surface area contributed by atoms with Crippen LogP contribution >= 0.6 is 0 Å². The number of benzene rings is 1. The highest BCUT2D eigenvalue weighted by molar-refractivity contribution is 5.91. The topological polar surface area (TPSA) is 53.6 Å². The minimum atomic E-state index is -0.0145. The van der Waals surface area contributed by atoms with Crippen LogP contribution in [0.2, 0.25) is 0 Å². The lowest BCUT2D eigenvalue weighted by Crippen LogP contribution is -2.43. The summed E-state index contributed by atoms with van der Waals surface area (Å²) in [6, 6.07) is 7.99. The van der Waals surface area contributed by atoms with E-state index in [1.54, 1.807) is 7.11 Å². The highest BCUT2D eigenvalue weighted by Gasteiger charge is 2.11. The van der Waals surface area contributed by atoms with Crippen molar-refractivity contribution in [3.05, 3.63) is 24.3 Å². The van der Waals surface area contributed by atoms with Crippen molar-refractivity contribution in [1.29, 1.82) is 0 Å². The van der Waals surface area contributed by atoms with Gasteiger partial charge in [0.25, 0.3) is 0 Å². The Morgan fingerprint density at radius 3 is 2.95 bits per heavy atom. The molecule has 0 saturated carbocycles. The third-order valence-electron chi connectivity index (χ3n) is 3.15. The molecule has 1 fully saturated rings. The van der Waals surface area contributed by atoms with Gasteiger partial charge in [-0.3, -0.25) is 4.79 Å². The Hall–Kier alpha value is -1.59. The Kier molecular flexibility index (Phi) is 5.18. The molecule has 5 heteroatoms. The maximum atomic E-state index is 11.6. The predicted molar refractivity (Wildman–Crippen MR) is 76.6 cm³/mol. The summed E-state index contributed by atoms with van der Waals surface area (Å²) >= 11 is 0. The SMILES string of the molecule is COCCC(=O)Nc1cccc(N2CCNCC2)c1. The molecule has 1 saturated heterocycles.